The first-order chi connectivity index (χ1) is 16.4. The van der Waals surface area contributed by atoms with E-state index in [2.05, 4.69) is 35.1 Å². The van der Waals surface area contributed by atoms with E-state index in [9.17, 15) is 9.18 Å². The van der Waals surface area contributed by atoms with Crippen molar-refractivity contribution in [2.75, 3.05) is 11.9 Å². The van der Waals surface area contributed by atoms with E-state index in [1.54, 1.807) is 18.2 Å². The predicted molar refractivity (Wildman–Crippen MR) is 133 cm³/mol. The molecule has 3 aromatic carbocycles. The van der Waals surface area contributed by atoms with E-state index in [-0.39, 0.29) is 17.5 Å². The Balaban J connectivity index is 1.79. The molecule has 0 saturated heterocycles. The molecule has 5 nitrogen and oxygen atoms in total. The van der Waals surface area contributed by atoms with Crippen LogP contribution in [0, 0.1) is 18.2 Å². The van der Waals surface area contributed by atoms with E-state index < -0.39 is 11.7 Å². The van der Waals surface area contributed by atoms with Crippen LogP contribution in [0.5, 0.6) is 5.75 Å². The van der Waals surface area contributed by atoms with Gasteiger partial charge in [0, 0.05) is 16.6 Å². The molecule has 0 saturated carbocycles. The van der Waals surface area contributed by atoms with Crippen LogP contribution in [0.2, 0.25) is 5.02 Å². The van der Waals surface area contributed by atoms with Gasteiger partial charge in [0.15, 0.2) is 0 Å². The van der Waals surface area contributed by atoms with Gasteiger partial charge in [-0.2, -0.15) is 0 Å². The summed E-state index contributed by atoms with van der Waals surface area (Å²) < 4.78 is 19.0. The molecule has 1 aromatic heterocycles. The topological polar surface area (TPSA) is 64.1 Å². The zero-order chi connectivity index (χ0) is 24.2. The number of carbonyl (C=O) groups is 1. The second-order valence-corrected chi connectivity index (χ2v) is 8.33. The van der Waals surface area contributed by atoms with Gasteiger partial charge in [-0.15, -0.1) is 6.42 Å². The molecule has 1 amide bonds. The second-order valence-electron chi connectivity index (χ2n) is 7.93. The van der Waals surface area contributed by atoms with Crippen LogP contribution in [-0.2, 0) is 0 Å². The van der Waals surface area contributed by atoms with Crippen LogP contribution >= 0.6 is 11.6 Å². The number of nitrogens with zero attached hydrogens (tertiary/aromatic N) is 2. The molecule has 4 rings (SSSR count). The minimum absolute atomic E-state index is 0.0341. The average molecular weight is 474 g/mol. The summed E-state index contributed by atoms with van der Waals surface area (Å²) in [5.41, 5.74) is 3.49. The molecule has 0 aliphatic carbocycles. The maximum absolute atomic E-state index is 13.5. The molecular formula is C27H21ClFN3O2. The van der Waals surface area contributed by atoms with E-state index in [1.165, 1.54) is 23.8 Å². The number of benzene rings is 3. The van der Waals surface area contributed by atoms with Crippen LogP contribution in [0.4, 0.5) is 10.1 Å². The van der Waals surface area contributed by atoms with Crippen molar-refractivity contribution in [2.24, 2.45) is 0 Å². The predicted octanol–water partition coefficient (Wildman–Crippen LogP) is 6.48. The Morgan fingerprint density at radius 1 is 1.12 bits per heavy atom. The van der Waals surface area contributed by atoms with Crippen molar-refractivity contribution in [3.8, 4) is 29.4 Å². The van der Waals surface area contributed by atoms with Gasteiger partial charge in [-0.05, 0) is 47.9 Å². The van der Waals surface area contributed by atoms with Crippen LogP contribution < -0.4 is 10.1 Å². The third-order valence-corrected chi connectivity index (χ3v) is 5.51. The Morgan fingerprint density at radius 3 is 2.56 bits per heavy atom. The third kappa shape index (κ3) is 5.00. The number of terminal acetylenes is 1. The van der Waals surface area contributed by atoms with E-state index in [4.69, 9.17) is 22.8 Å². The SMILES string of the molecule is C#CCOc1ccc2nc(C(=O)Nc3ccc(F)c(Cl)c3)nc(-c3ccc(C(C)C)cc3)c2c1. The highest BCUT2D eigenvalue weighted by Gasteiger charge is 2.17. The van der Waals surface area contributed by atoms with Gasteiger partial charge in [-0.3, -0.25) is 4.79 Å². The first-order valence-corrected chi connectivity index (χ1v) is 11.0. The fourth-order valence-electron chi connectivity index (χ4n) is 3.43. The maximum Gasteiger partial charge on any atom is 0.293 e. The van der Waals surface area contributed by atoms with Crippen LogP contribution in [-0.4, -0.2) is 22.5 Å². The second kappa shape index (κ2) is 9.90. The number of anilines is 1. The molecule has 0 spiro atoms. The molecule has 0 aliphatic rings. The fraction of sp³-hybridized carbons (Fsp3) is 0.148. The molecule has 0 atom stereocenters. The van der Waals surface area contributed by atoms with Crippen LogP contribution in [0.25, 0.3) is 22.2 Å². The van der Waals surface area contributed by atoms with Gasteiger partial charge in [0.25, 0.3) is 5.91 Å². The Hall–Kier alpha value is -3.95. The number of aromatic nitrogens is 2. The molecule has 0 fully saturated rings. The van der Waals surface area contributed by atoms with Crippen molar-refractivity contribution < 1.29 is 13.9 Å². The van der Waals surface area contributed by atoms with Gasteiger partial charge in [0.2, 0.25) is 5.82 Å². The zero-order valence-electron chi connectivity index (χ0n) is 18.6. The van der Waals surface area contributed by atoms with Gasteiger partial charge >= 0.3 is 0 Å². The van der Waals surface area contributed by atoms with E-state index in [0.29, 0.717) is 34.0 Å². The quantitative estimate of drug-likeness (QED) is 0.326. The lowest BCUT2D eigenvalue weighted by Gasteiger charge is -2.12. The van der Waals surface area contributed by atoms with Crippen molar-refractivity contribution in [2.45, 2.75) is 19.8 Å². The number of hydrogen-bond donors (Lipinski definition) is 1. The summed E-state index contributed by atoms with van der Waals surface area (Å²) in [4.78, 5) is 22.0. The highest BCUT2D eigenvalue weighted by molar-refractivity contribution is 6.31. The molecule has 0 unspecified atom stereocenters. The van der Waals surface area contributed by atoms with Crippen molar-refractivity contribution >= 4 is 34.1 Å². The van der Waals surface area contributed by atoms with Crippen molar-refractivity contribution in [1.29, 1.82) is 0 Å². The van der Waals surface area contributed by atoms with Crippen LogP contribution in [0.15, 0.2) is 60.7 Å². The summed E-state index contributed by atoms with van der Waals surface area (Å²) in [7, 11) is 0. The molecule has 34 heavy (non-hydrogen) atoms. The summed E-state index contributed by atoms with van der Waals surface area (Å²) in [6.45, 7) is 4.37. The molecule has 1 N–H and O–H groups in total. The lowest BCUT2D eigenvalue weighted by molar-refractivity contribution is 0.101. The molecule has 170 valence electrons. The van der Waals surface area contributed by atoms with Gasteiger partial charge in [-0.25, -0.2) is 14.4 Å². The van der Waals surface area contributed by atoms with Gasteiger partial charge in [0.05, 0.1) is 16.2 Å². The smallest absolute Gasteiger partial charge is 0.293 e. The number of ether oxygens (including phenoxy) is 1. The number of hydrogen-bond acceptors (Lipinski definition) is 4. The number of halogens is 2. The number of carbonyl (C=O) groups excluding carboxylic acids is 1. The first kappa shape index (κ1) is 23.2. The summed E-state index contributed by atoms with van der Waals surface area (Å²) >= 11 is 5.83. The monoisotopic (exact) mass is 473 g/mol. The fourth-order valence-corrected chi connectivity index (χ4v) is 3.61. The number of rotatable bonds is 6. The Kier molecular flexibility index (Phi) is 6.76. The molecule has 4 aromatic rings. The first-order valence-electron chi connectivity index (χ1n) is 10.6. The highest BCUT2D eigenvalue weighted by Crippen LogP contribution is 2.30. The number of nitrogens with one attached hydrogen (secondary N) is 1. The molecular weight excluding hydrogens is 453 g/mol. The molecule has 7 heteroatoms. The molecule has 0 bridgehead atoms. The molecule has 0 aliphatic heterocycles. The summed E-state index contributed by atoms with van der Waals surface area (Å²) in [6, 6.07) is 17.2. The number of fused-ring (bicyclic) bond motifs is 1. The minimum atomic E-state index is -0.573. The van der Waals surface area contributed by atoms with Crippen molar-refractivity contribution in [3.63, 3.8) is 0 Å². The third-order valence-electron chi connectivity index (χ3n) is 5.22. The molecule has 1 heterocycles. The van der Waals surface area contributed by atoms with E-state index >= 15 is 0 Å². The minimum Gasteiger partial charge on any atom is -0.481 e. The highest BCUT2D eigenvalue weighted by atomic mass is 35.5. The normalized spacial score (nSPS) is 10.8. The van der Waals surface area contributed by atoms with Gasteiger partial charge in [0.1, 0.15) is 18.2 Å². The van der Waals surface area contributed by atoms with Crippen molar-refractivity contribution in [3.05, 3.63) is 82.9 Å². The van der Waals surface area contributed by atoms with Crippen molar-refractivity contribution in [1.82, 2.24) is 9.97 Å². The Labute approximate surface area is 202 Å². The Bertz CT molecular complexity index is 1410. The van der Waals surface area contributed by atoms with Gasteiger partial charge < -0.3 is 10.1 Å². The van der Waals surface area contributed by atoms with E-state index in [0.717, 1.165) is 5.56 Å². The lowest BCUT2D eigenvalue weighted by atomic mass is 9.99. The summed E-state index contributed by atoms with van der Waals surface area (Å²) in [6.07, 6.45) is 5.31. The van der Waals surface area contributed by atoms with Crippen LogP contribution in [0.3, 0.4) is 0 Å². The number of amides is 1. The standard InChI is InChI=1S/C27H21ClFN3O2/c1-4-13-34-20-10-12-24-21(15-20)25(18-7-5-17(6-8-18)16(2)3)32-26(31-24)27(33)30-19-9-11-23(29)22(28)14-19/h1,5-12,14-16H,13H2,2-3H3,(H,30,33). The molecule has 0 radical (unpaired) electrons. The summed E-state index contributed by atoms with van der Waals surface area (Å²) in [5.74, 6) is 2.25. The zero-order valence-corrected chi connectivity index (χ0v) is 19.4. The van der Waals surface area contributed by atoms with Crippen LogP contribution in [0.1, 0.15) is 35.9 Å². The summed E-state index contributed by atoms with van der Waals surface area (Å²) in [5, 5.41) is 3.29. The van der Waals surface area contributed by atoms with Gasteiger partial charge in [-0.1, -0.05) is 55.6 Å². The lowest BCUT2D eigenvalue weighted by Crippen LogP contribution is -2.16. The average Bonchev–Trinajstić information content (AvgIpc) is 2.84. The largest absolute Gasteiger partial charge is 0.481 e. The van der Waals surface area contributed by atoms with E-state index in [1.807, 2.05) is 24.3 Å². The maximum atomic E-state index is 13.5. The Morgan fingerprint density at radius 2 is 1.88 bits per heavy atom.